The van der Waals surface area contributed by atoms with Gasteiger partial charge in [0.25, 0.3) is 5.91 Å². The van der Waals surface area contributed by atoms with E-state index < -0.39 is 11.6 Å². The van der Waals surface area contributed by atoms with Crippen LogP contribution in [0.5, 0.6) is 0 Å². The molecular weight excluding hydrogens is 566 g/mol. The lowest BCUT2D eigenvalue weighted by Crippen LogP contribution is -2.56. The molecule has 0 saturated heterocycles. The summed E-state index contributed by atoms with van der Waals surface area (Å²) >= 11 is 3.47. The standard InChI is InChI=1S/C33H32BrN3O3/c1-33(2,3)35-31(39)28(19-22-9-5-4-6-10-22)36(20-23-15-17-25(34)18-16-23)29(38)21-37-27-14-8-12-24-11-7-13-26(30(24)27)32(37)40/h4-18,28H,19-21H2,1-3H3,(H,35,39). The molecule has 204 valence electrons. The van der Waals surface area contributed by atoms with Gasteiger partial charge in [0.1, 0.15) is 12.6 Å². The van der Waals surface area contributed by atoms with E-state index in [4.69, 9.17) is 0 Å². The molecule has 0 aromatic heterocycles. The molecule has 1 heterocycles. The highest BCUT2D eigenvalue weighted by Gasteiger charge is 2.36. The molecule has 4 aromatic rings. The molecule has 1 N–H and O–H groups in total. The van der Waals surface area contributed by atoms with Crippen molar-refractivity contribution in [1.82, 2.24) is 10.2 Å². The second-order valence-corrected chi connectivity index (χ2v) is 12.1. The molecule has 4 aromatic carbocycles. The van der Waals surface area contributed by atoms with Gasteiger partial charge in [0.2, 0.25) is 11.8 Å². The Labute approximate surface area is 243 Å². The monoisotopic (exact) mass is 597 g/mol. The van der Waals surface area contributed by atoms with Crippen LogP contribution in [-0.2, 0) is 22.6 Å². The van der Waals surface area contributed by atoms with Crippen molar-refractivity contribution in [2.45, 2.75) is 45.3 Å². The van der Waals surface area contributed by atoms with E-state index in [-0.39, 0.29) is 30.8 Å². The number of rotatable bonds is 8. The third-order valence-electron chi connectivity index (χ3n) is 6.98. The van der Waals surface area contributed by atoms with Crippen LogP contribution < -0.4 is 10.2 Å². The average molecular weight is 599 g/mol. The second-order valence-electron chi connectivity index (χ2n) is 11.2. The fraction of sp³-hybridized carbons (Fsp3) is 0.242. The van der Waals surface area contributed by atoms with Gasteiger partial charge in [-0.25, -0.2) is 0 Å². The Kier molecular flexibility index (Phi) is 7.76. The summed E-state index contributed by atoms with van der Waals surface area (Å²) in [4.78, 5) is 44.7. The summed E-state index contributed by atoms with van der Waals surface area (Å²) in [6.45, 7) is 5.82. The highest BCUT2D eigenvalue weighted by atomic mass is 79.9. The number of carbonyl (C=O) groups excluding carboxylic acids is 3. The molecule has 0 radical (unpaired) electrons. The molecule has 0 spiro atoms. The first-order valence-electron chi connectivity index (χ1n) is 13.3. The number of carbonyl (C=O) groups is 3. The Hall–Kier alpha value is -3.97. The van der Waals surface area contributed by atoms with E-state index in [1.165, 1.54) is 4.90 Å². The van der Waals surface area contributed by atoms with Crippen LogP contribution in [0.4, 0.5) is 5.69 Å². The zero-order chi connectivity index (χ0) is 28.4. The summed E-state index contributed by atoms with van der Waals surface area (Å²) in [5, 5.41) is 4.89. The first-order valence-corrected chi connectivity index (χ1v) is 14.1. The number of halogens is 1. The Morgan fingerprint density at radius 3 is 2.23 bits per heavy atom. The first kappa shape index (κ1) is 27.6. The van der Waals surface area contributed by atoms with Crippen LogP contribution in [0, 0.1) is 0 Å². The van der Waals surface area contributed by atoms with Crippen LogP contribution in [0.3, 0.4) is 0 Å². The topological polar surface area (TPSA) is 69.7 Å². The van der Waals surface area contributed by atoms with Crippen molar-refractivity contribution in [2.24, 2.45) is 0 Å². The third-order valence-corrected chi connectivity index (χ3v) is 7.51. The van der Waals surface area contributed by atoms with Gasteiger partial charge in [-0.1, -0.05) is 82.7 Å². The molecule has 5 rings (SSSR count). The summed E-state index contributed by atoms with van der Waals surface area (Å²) in [6.07, 6.45) is 0.342. The van der Waals surface area contributed by atoms with Gasteiger partial charge < -0.3 is 10.2 Å². The lowest BCUT2D eigenvalue weighted by Gasteiger charge is -2.34. The maximum Gasteiger partial charge on any atom is 0.259 e. The number of nitrogens with zero attached hydrogens (tertiary/aromatic N) is 2. The maximum absolute atomic E-state index is 14.2. The van der Waals surface area contributed by atoms with Gasteiger partial charge in [-0.3, -0.25) is 19.3 Å². The number of amides is 3. The van der Waals surface area contributed by atoms with Crippen molar-refractivity contribution in [3.63, 3.8) is 0 Å². The average Bonchev–Trinajstić information content (AvgIpc) is 3.19. The van der Waals surface area contributed by atoms with E-state index in [0.29, 0.717) is 17.7 Å². The van der Waals surface area contributed by atoms with Gasteiger partial charge in [0.15, 0.2) is 0 Å². The molecule has 0 saturated carbocycles. The summed E-state index contributed by atoms with van der Waals surface area (Å²) in [6, 6.07) is 28.0. The molecule has 1 unspecified atom stereocenters. The Bertz CT molecular complexity index is 1560. The van der Waals surface area contributed by atoms with Gasteiger partial charge in [-0.15, -0.1) is 0 Å². The maximum atomic E-state index is 14.2. The number of benzene rings is 4. The SMILES string of the molecule is CC(C)(C)NC(=O)C(Cc1ccccc1)N(Cc1ccc(Br)cc1)C(=O)CN1C(=O)c2cccc3cccc1c23. The zero-order valence-corrected chi connectivity index (χ0v) is 24.4. The summed E-state index contributed by atoms with van der Waals surface area (Å²) in [7, 11) is 0. The quantitative estimate of drug-likeness (QED) is 0.266. The molecule has 1 atom stereocenters. The fourth-order valence-electron chi connectivity index (χ4n) is 5.16. The van der Waals surface area contributed by atoms with Crippen LogP contribution in [0.15, 0.2) is 95.5 Å². The normalized spacial score (nSPS) is 13.4. The minimum atomic E-state index is -0.784. The van der Waals surface area contributed by atoms with Gasteiger partial charge >= 0.3 is 0 Å². The van der Waals surface area contributed by atoms with Crippen molar-refractivity contribution < 1.29 is 14.4 Å². The lowest BCUT2D eigenvalue weighted by atomic mass is 10.0. The van der Waals surface area contributed by atoms with Crippen molar-refractivity contribution in [3.05, 3.63) is 112 Å². The van der Waals surface area contributed by atoms with Crippen molar-refractivity contribution in [3.8, 4) is 0 Å². The van der Waals surface area contributed by atoms with Crippen LogP contribution in [-0.4, -0.2) is 40.7 Å². The molecule has 3 amide bonds. The zero-order valence-electron chi connectivity index (χ0n) is 22.9. The van der Waals surface area contributed by atoms with E-state index >= 15 is 0 Å². The molecule has 1 aliphatic rings. The first-order chi connectivity index (χ1) is 19.1. The Morgan fingerprint density at radius 2 is 1.55 bits per heavy atom. The summed E-state index contributed by atoms with van der Waals surface area (Å²) < 4.78 is 0.925. The van der Waals surface area contributed by atoms with Crippen molar-refractivity contribution in [2.75, 3.05) is 11.4 Å². The summed E-state index contributed by atoms with van der Waals surface area (Å²) in [5.41, 5.74) is 2.65. The smallest absolute Gasteiger partial charge is 0.259 e. The number of hydrogen-bond donors (Lipinski definition) is 1. The van der Waals surface area contributed by atoms with Gasteiger partial charge in [0, 0.05) is 33.9 Å². The van der Waals surface area contributed by atoms with Crippen LogP contribution in [0.25, 0.3) is 10.8 Å². The molecular formula is C33H32BrN3O3. The number of hydrogen-bond acceptors (Lipinski definition) is 3. The highest BCUT2D eigenvalue weighted by molar-refractivity contribution is 9.10. The van der Waals surface area contributed by atoms with E-state index in [9.17, 15) is 14.4 Å². The van der Waals surface area contributed by atoms with Gasteiger partial charge in [-0.05, 0) is 61.5 Å². The van der Waals surface area contributed by atoms with Crippen LogP contribution in [0.2, 0.25) is 0 Å². The number of anilines is 1. The molecule has 6 nitrogen and oxygen atoms in total. The van der Waals surface area contributed by atoms with Gasteiger partial charge in [0.05, 0.1) is 5.69 Å². The Morgan fingerprint density at radius 1 is 0.875 bits per heavy atom. The van der Waals surface area contributed by atoms with E-state index in [1.807, 2.05) is 106 Å². The Balaban J connectivity index is 1.52. The predicted octanol–water partition coefficient (Wildman–Crippen LogP) is 6.12. The van der Waals surface area contributed by atoms with Crippen molar-refractivity contribution >= 4 is 50.1 Å². The minimum Gasteiger partial charge on any atom is -0.350 e. The second kappa shape index (κ2) is 11.3. The summed E-state index contributed by atoms with van der Waals surface area (Å²) in [5.74, 6) is -0.742. The molecule has 0 fully saturated rings. The molecule has 40 heavy (non-hydrogen) atoms. The highest BCUT2D eigenvalue weighted by Crippen LogP contribution is 2.37. The lowest BCUT2D eigenvalue weighted by molar-refractivity contribution is -0.140. The molecule has 7 heteroatoms. The van der Waals surface area contributed by atoms with Gasteiger partial charge in [-0.2, -0.15) is 0 Å². The molecule has 0 aliphatic carbocycles. The van der Waals surface area contributed by atoms with Crippen molar-refractivity contribution in [1.29, 1.82) is 0 Å². The van der Waals surface area contributed by atoms with E-state index in [1.54, 1.807) is 11.0 Å². The number of nitrogens with one attached hydrogen (secondary N) is 1. The minimum absolute atomic E-state index is 0.169. The van der Waals surface area contributed by atoms with Crippen LogP contribution in [0.1, 0.15) is 42.3 Å². The molecule has 0 bridgehead atoms. The molecule has 1 aliphatic heterocycles. The van der Waals surface area contributed by atoms with Crippen LogP contribution >= 0.6 is 15.9 Å². The third kappa shape index (κ3) is 5.94. The fourth-order valence-corrected chi connectivity index (χ4v) is 5.42. The van der Waals surface area contributed by atoms with E-state index in [0.717, 1.165) is 26.4 Å². The van der Waals surface area contributed by atoms with E-state index in [2.05, 4.69) is 21.2 Å². The largest absolute Gasteiger partial charge is 0.350 e. The predicted molar refractivity (Wildman–Crippen MR) is 162 cm³/mol.